The monoisotopic (exact) mass is 272 g/mol. The first kappa shape index (κ1) is 12.9. The molecule has 98 valence electrons. The van der Waals surface area contributed by atoms with E-state index in [2.05, 4.69) is 4.84 Å². The van der Waals surface area contributed by atoms with Gasteiger partial charge in [-0.25, -0.2) is 4.79 Å². The van der Waals surface area contributed by atoms with Crippen LogP contribution in [0.25, 0.3) is 0 Å². The first-order valence-corrected chi connectivity index (χ1v) is 6.66. The molecular weight excluding hydrogens is 260 g/mol. The Hall–Kier alpha value is -1.54. The Balaban J connectivity index is 2.18. The molecule has 1 unspecified atom stereocenters. The summed E-state index contributed by atoms with van der Waals surface area (Å²) in [7, 11) is 0. The molecule has 0 spiro atoms. The van der Waals surface area contributed by atoms with Crippen molar-refractivity contribution in [2.24, 2.45) is 0 Å². The van der Waals surface area contributed by atoms with Crippen LogP contribution in [-0.2, 0) is 30.4 Å². The Kier molecular flexibility index (Phi) is 3.31. The number of hydrogen-bond acceptors (Lipinski definition) is 5. The summed E-state index contributed by atoms with van der Waals surface area (Å²) in [6.07, 6.45) is 0.177. The Labute approximate surface area is 106 Å². The van der Waals surface area contributed by atoms with Crippen LogP contribution in [-0.4, -0.2) is 38.4 Å². The van der Waals surface area contributed by atoms with Crippen LogP contribution >= 0.6 is 0 Å². The lowest BCUT2D eigenvalue weighted by Gasteiger charge is -2.43. The molecule has 0 bridgehead atoms. The normalized spacial score (nSPS) is 26.4. The van der Waals surface area contributed by atoms with Crippen LogP contribution in [0.5, 0.6) is 0 Å². The van der Waals surface area contributed by atoms with Gasteiger partial charge in [-0.2, -0.15) is 5.48 Å². The minimum absolute atomic E-state index is 0.0876. The van der Waals surface area contributed by atoms with E-state index in [-0.39, 0.29) is 23.8 Å². The molecule has 0 saturated carbocycles. The summed E-state index contributed by atoms with van der Waals surface area (Å²) in [6, 6.07) is 0. The van der Waals surface area contributed by atoms with Crippen LogP contribution in [0.15, 0.2) is 11.3 Å². The lowest BCUT2D eigenvalue weighted by atomic mass is 10.1. The fourth-order valence-electron chi connectivity index (χ4n) is 1.89. The first-order valence-electron chi connectivity index (χ1n) is 5.28. The van der Waals surface area contributed by atoms with Gasteiger partial charge in [0.15, 0.2) is 0 Å². The summed E-state index contributed by atoms with van der Waals surface area (Å²) in [5.41, 5.74) is 2.52. The second kappa shape index (κ2) is 4.62. The van der Waals surface area contributed by atoms with Crippen molar-refractivity contribution in [1.82, 2.24) is 10.4 Å². The van der Waals surface area contributed by atoms with E-state index >= 15 is 0 Å². The molecule has 8 heteroatoms. The van der Waals surface area contributed by atoms with E-state index in [1.807, 2.05) is 5.48 Å². The van der Waals surface area contributed by atoms with Gasteiger partial charge in [-0.1, -0.05) is 0 Å². The topological polar surface area (TPSA) is 98.8 Å². The fourth-order valence-corrected chi connectivity index (χ4v) is 3.43. The van der Waals surface area contributed by atoms with Crippen LogP contribution in [0.1, 0.15) is 20.3 Å². The summed E-state index contributed by atoms with van der Waals surface area (Å²) in [5.74, 6) is -1.36. The van der Waals surface area contributed by atoms with E-state index in [0.29, 0.717) is 5.57 Å². The van der Waals surface area contributed by atoms with Crippen molar-refractivity contribution < 1.29 is 23.8 Å². The zero-order chi connectivity index (χ0) is 13.4. The van der Waals surface area contributed by atoms with Gasteiger partial charge in [0.1, 0.15) is 11.4 Å². The number of carbonyl (C=O) groups is 3. The number of rotatable bonds is 1. The Bertz CT molecular complexity index is 461. The van der Waals surface area contributed by atoms with Crippen molar-refractivity contribution in [1.29, 1.82) is 0 Å². The van der Waals surface area contributed by atoms with Gasteiger partial charge < -0.3 is 9.39 Å². The Morgan fingerprint density at radius 3 is 2.78 bits per heavy atom. The molecule has 18 heavy (non-hydrogen) atoms. The average molecular weight is 272 g/mol. The number of amides is 2. The molecular formula is C10H12N2O5S. The average Bonchev–Trinajstić information content (AvgIpc) is 2.27. The van der Waals surface area contributed by atoms with Crippen LogP contribution in [0.3, 0.4) is 0 Å². The van der Waals surface area contributed by atoms with Crippen molar-refractivity contribution >= 4 is 29.0 Å². The molecule has 1 N–H and O–H groups in total. The lowest BCUT2D eigenvalue weighted by molar-refractivity contribution is -0.158. The van der Waals surface area contributed by atoms with Crippen molar-refractivity contribution in [2.45, 2.75) is 25.6 Å². The molecule has 0 aromatic carbocycles. The number of fused-ring (bicyclic) bond motifs is 1. The van der Waals surface area contributed by atoms with E-state index < -0.39 is 28.4 Å². The smallest absolute Gasteiger partial charge is 0.379 e. The quantitative estimate of drug-likeness (QED) is 0.382. The maximum atomic E-state index is 11.8. The van der Waals surface area contributed by atoms with E-state index in [4.69, 9.17) is 0 Å². The summed E-state index contributed by atoms with van der Waals surface area (Å²) in [5, 5.41) is -0.443. The molecule has 1 fully saturated rings. The zero-order valence-corrected chi connectivity index (χ0v) is 10.7. The SMILES string of the molecule is CC(=O)NOC(=O)C1=C(C)C[S+]([O-])[C@H]2CC(=O)N12. The molecule has 2 heterocycles. The number of β-lactam (4-membered cyclic amide) rings is 1. The number of hydroxylamine groups is 1. The molecule has 2 atom stereocenters. The first-order chi connectivity index (χ1) is 8.41. The summed E-state index contributed by atoms with van der Waals surface area (Å²) < 4.78 is 11.7. The molecule has 2 aliphatic heterocycles. The molecule has 1 saturated heterocycles. The minimum atomic E-state index is -1.18. The third-order valence-corrected chi connectivity index (χ3v) is 4.40. The Morgan fingerprint density at radius 1 is 1.56 bits per heavy atom. The van der Waals surface area contributed by atoms with Crippen molar-refractivity contribution in [3.05, 3.63) is 11.3 Å². The van der Waals surface area contributed by atoms with E-state index in [1.165, 1.54) is 11.8 Å². The lowest BCUT2D eigenvalue weighted by Crippen LogP contribution is -2.60. The fraction of sp³-hybridized carbons (Fsp3) is 0.500. The minimum Gasteiger partial charge on any atom is -0.614 e. The largest absolute Gasteiger partial charge is 0.614 e. The predicted molar refractivity (Wildman–Crippen MR) is 60.9 cm³/mol. The van der Waals surface area contributed by atoms with Gasteiger partial charge in [-0.15, -0.1) is 0 Å². The van der Waals surface area contributed by atoms with Gasteiger partial charge in [0.2, 0.25) is 17.2 Å². The van der Waals surface area contributed by atoms with Gasteiger partial charge in [0, 0.05) is 12.5 Å². The van der Waals surface area contributed by atoms with Gasteiger partial charge in [0.05, 0.1) is 6.42 Å². The van der Waals surface area contributed by atoms with E-state index in [1.54, 1.807) is 6.92 Å². The second-order valence-corrected chi connectivity index (χ2v) is 5.72. The third kappa shape index (κ3) is 2.08. The maximum absolute atomic E-state index is 11.8. The van der Waals surface area contributed by atoms with Crippen molar-refractivity contribution in [3.8, 4) is 0 Å². The highest BCUT2D eigenvalue weighted by Crippen LogP contribution is 2.36. The molecule has 2 amide bonds. The summed E-state index contributed by atoms with van der Waals surface area (Å²) in [6.45, 7) is 2.81. The summed E-state index contributed by atoms with van der Waals surface area (Å²) in [4.78, 5) is 39.6. The molecule has 2 aliphatic rings. The highest BCUT2D eigenvalue weighted by molar-refractivity contribution is 7.92. The third-order valence-electron chi connectivity index (χ3n) is 2.69. The predicted octanol–water partition coefficient (Wildman–Crippen LogP) is -0.825. The highest BCUT2D eigenvalue weighted by atomic mass is 32.2. The molecule has 0 radical (unpaired) electrons. The van der Waals surface area contributed by atoms with Crippen LogP contribution in [0.4, 0.5) is 0 Å². The van der Waals surface area contributed by atoms with Crippen LogP contribution < -0.4 is 5.48 Å². The highest BCUT2D eigenvalue weighted by Gasteiger charge is 2.52. The molecule has 0 aromatic heterocycles. The van der Waals surface area contributed by atoms with Gasteiger partial charge in [-0.3, -0.25) is 14.5 Å². The standard InChI is InChI=1S/C10H12N2O5S/c1-5-4-18(16)8-3-7(14)12(8)9(5)10(15)17-11-6(2)13/h8H,3-4H2,1-2H3,(H,11,13)/t8-,18?/m0/s1. The number of nitrogens with zero attached hydrogens (tertiary/aromatic N) is 1. The molecule has 7 nitrogen and oxygen atoms in total. The van der Waals surface area contributed by atoms with Crippen molar-refractivity contribution in [3.63, 3.8) is 0 Å². The van der Waals surface area contributed by atoms with E-state index in [0.717, 1.165) is 0 Å². The van der Waals surface area contributed by atoms with Gasteiger partial charge >= 0.3 is 5.97 Å². The van der Waals surface area contributed by atoms with Crippen molar-refractivity contribution in [2.75, 3.05) is 5.75 Å². The molecule has 0 aliphatic carbocycles. The van der Waals surface area contributed by atoms with E-state index in [9.17, 15) is 18.9 Å². The maximum Gasteiger partial charge on any atom is 0.379 e. The number of hydrogen-bond donors (Lipinski definition) is 1. The summed E-state index contributed by atoms with van der Waals surface area (Å²) >= 11 is -1.18. The van der Waals surface area contributed by atoms with Gasteiger partial charge in [-0.05, 0) is 18.1 Å². The van der Waals surface area contributed by atoms with Crippen LogP contribution in [0, 0.1) is 0 Å². The molecule has 0 aromatic rings. The second-order valence-electron chi connectivity index (χ2n) is 4.12. The van der Waals surface area contributed by atoms with Gasteiger partial charge in [0.25, 0.3) is 0 Å². The van der Waals surface area contributed by atoms with Crippen LogP contribution in [0.2, 0.25) is 0 Å². The number of nitrogens with one attached hydrogen (secondary N) is 1. The Morgan fingerprint density at radius 2 is 2.22 bits per heavy atom. The zero-order valence-electron chi connectivity index (χ0n) is 9.89. The molecule has 2 rings (SSSR count). The number of carbonyl (C=O) groups excluding carboxylic acids is 3.